The van der Waals surface area contributed by atoms with E-state index in [0.29, 0.717) is 0 Å². The fraction of sp³-hybridized carbons (Fsp3) is 0.765. The van der Waals surface area contributed by atoms with E-state index in [4.69, 9.17) is 14.7 Å². The lowest BCUT2D eigenvalue weighted by Gasteiger charge is -2.32. The van der Waals surface area contributed by atoms with Crippen LogP contribution in [0, 0.1) is 6.92 Å². The Hall–Kier alpha value is -1.00. The van der Waals surface area contributed by atoms with Crippen molar-refractivity contribution in [3.05, 3.63) is 22.8 Å². The van der Waals surface area contributed by atoms with Crippen molar-refractivity contribution in [2.45, 2.75) is 70.9 Å². The largest absolute Gasteiger partial charge is 0.367 e. The monoisotopic (exact) mass is 289 g/mol. The smallest absolute Gasteiger partial charge is 0.160 e. The average Bonchev–Trinajstić information content (AvgIpc) is 2.74. The van der Waals surface area contributed by atoms with Gasteiger partial charge in [0.25, 0.3) is 0 Å². The number of ether oxygens (including phenoxy) is 1. The van der Waals surface area contributed by atoms with Crippen LogP contribution in [0.4, 0.5) is 0 Å². The van der Waals surface area contributed by atoms with Gasteiger partial charge in [0, 0.05) is 18.8 Å². The van der Waals surface area contributed by atoms with Crippen LogP contribution < -0.4 is 5.32 Å². The summed E-state index contributed by atoms with van der Waals surface area (Å²) in [6, 6.07) is 0. The van der Waals surface area contributed by atoms with E-state index in [2.05, 4.69) is 19.2 Å². The molecule has 0 radical (unpaired) electrons. The van der Waals surface area contributed by atoms with Gasteiger partial charge in [-0.25, -0.2) is 9.97 Å². The van der Waals surface area contributed by atoms with Gasteiger partial charge in [-0.05, 0) is 45.2 Å². The van der Waals surface area contributed by atoms with Gasteiger partial charge in [0.15, 0.2) is 5.82 Å². The predicted molar refractivity (Wildman–Crippen MR) is 83.2 cm³/mol. The first-order chi connectivity index (χ1) is 10.2. The number of hydrogen-bond donors (Lipinski definition) is 1. The van der Waals surface area contributed by atoms with Crippen molar-refractivity contribution in [1.82, 2.24) is 15.3 Å². The lowest BCUT2D eigenvalue weighted by Crippen LogP contribution is -2.34. The molecule has 4 heteroatoms. The maximum Gasteiger partial charge on any atom is 0.160 e. The predicted octanol–water partition coefficient (Wildman–Crippen LogP) is 3.02. The molecule has 116 valence electrons. The van der Waals surface area contributed by atoms with E-state index in [1.807, 2.05) is 0 Å². The molecule has 0 aromatic carbocycles. The van der Waals surface area contributed by atoms with Crippen LogP contribution in [0.3, 0.4) is 0 Å². The summed E-state index contributed by atoms with van der Waals surface area (Å²) < 4.78 is 6.24. The van der Waals surface area contributed by atoms with Crippen molar-refractivity contribution in [2.75, 3.05) is 13.2 Å². The minimum absolute atomic E-state index is 0.248. The summed E-state index contributed by atoms with van der Waals surface area (Å²) in [6.07, 6.45) is 8.22. The molecule has 1 fully saturated rings. The topological polar surface area (TPSA) is 47.0 Å². The third-order valence-electron chi connectivity index (χ3n) is 4.88. The number of aryl methyl sites for hydroxylation is 1. The van der Waals surface area contributed by atoms with Crippen LogP contribution in [0.15, 0.2) is 0 Å². The van der Waals surface area contributed by atoms with Crippen LogP contribution in [0.5, 0.6) is 0 Å². The Kier molecular flexibility index (Phi) is 4.55. The highest BCUT2D eigenvalue weighted by Crippen LogP contribution is 2.38. The normalized spacial score (nSPS) is 21.6. The molecule has 0 spiro atoms. The number of fused-ring (bicyclic) bond motifs is 1. The van der Waals surface area contributed by atoms with E-state index in [1.54, 1.807) is 0 Å². The Labute approximate surface area is 127 Å². The van der Waals surface area contributed by atoms with Crippen molar-refractivity contribution in [3.63, 3.8) is 0 Å². The summed E-state index contributed by atoms with van der Waals surface area (Å²) in [5.41, 5.74) is 3.44. The Bertz CT molecular complexity index is 493. The molecule has 0 atom stereocenters. The summed E-state index contributed by atoms with van der Waals surface area (Å²) in [5, 5.41) is 3.42. The fourth-order valence-corrected chi connectivity index (χ4v) is 3.76. The molecule has 2 heterocycles. The first-order valence-electron chi connectivity index (χ1n) is 8.47. The third kappa shape index (κ3) is 2.97. The van der Waals surface area contributed by atoms with Gasteiger partial charge in [-0.2, -0.15) is 0 Å². The maximum absolute atomic E-state index is 6.24. The van der Waals surface area contributed by atoms with Gasteiger partial charge in [-0.15, -0.1) is 0 Å². The van der Waals surface area contributed by atoms with Crippen molar-refractivity contribution in [1.29, 1.82) is 0 Å². The van der Waals surface area contributed by atoms with E-state index in [-0.39, 0.29) is 5.60 Å². The van der Waals surface area contributed by atoms with Gasteiger partial charge in [0.05, 0.1) is 5.69 Å². The van der Waals surface area contributed by atoms with E-state index in [0.717, 1.165) is 50.5 Å². The Morgan fingerprint density at radius 2 is 1.90 bits per heavy atom. The molecule has 1 aliphatic carbocycles. The molecule has 0 bridgehead atoms. The van der Waals surface area contributed by atoms with Crippen molar-refractivity contribution in [3.8, 4) is 0 Å². The zero-order valence-electron chi connectivity index (χ0n) is 13.4. The third-order valence-corrected chi connectivity index (χ3v) is 4.88. The van der Waals surface area contributed by atoms with Gasteiger partial charge in [-0.1, -0.05) is 25.7 Å². The molecule has 21 heavy (non-hydrogen) atoms. The molecule has 3 rings (SSSR count). The van der Waals surface area contributed by atoms with Crippen molar-refractivity contribution < 1.29 is 4.74 Å². The van der Waals surface area contributed by atoms with Gasteiger partial charge in [0.2, 0.25) is 0 Å². The lowest BCUT2D eigenvalue weighted by molar-refractivity contribution is -0.0627. The molecule has 0 unspecified atom stereocenters. The molecule has 1 saturated carbocycles. The SMILES string of the molecule is CCOC1(c2nc(C)c3c(n2)CNCC3)CCCCCC1. The standard InChI is InChI=1S/C17H27N3O/c1-3-21-17(9-6-4-5-7-10-17)16-19-13(2)14-8-11-18-12-15(14)20-16/h18H,3-12H2,1-2H3. The molecule has 0 amide bonds. The van der Waals surface area contributed by atoms with E-state index in [1.165, 1.54) is 36.9 Å². The first kappa shape index (κ1) is 14.9. The number of nitrogens with one attached hydrogen (secondary N) is 1. The molecule has 1 aromatic rings. The van der Waals surface area contributed by atoms with Gasteiger partial charge < -0.3 is 10.1 Å². The number of rotatable bonds is 3. The molecule has 0 saturated heterocycles. The number of hydrogen-bond acceptors (Lipinski definition) is 4. The number of aromatic nitrogens is 2. The Morgan fingerprint density at radius 3 is 2.62 bits per heavy atom. The summed E-state index contributed by atoms with van der Waals surface area (Å²) >= 11 is 0. The second-order valence-electron chi connectivity index (χ2n) is 6.33. The molecular weight excluding hydrogens is 262 g/mol. The molecule has 1 aromatic heterocycles. The Balaban J connectivity index is 2.00. The van der Waals surface area contributed by atoms with Crippen LogP contribution in [0.1, 0.15) is 68.2 Å². The minimum atomic E-state index is -0.248. The van der Waals surface area contributed by atoms with Gasteiger partial charge in [-0.3, -0.25) is 0 Å². The summed E-state index contributed by atoms with van der Waals surface area (Å²) in [6.45, 7) is 6.85. The molecule has 4 nitrogen and oxygen atoms in total. The average molecular weight is 289 g/mol. The van der Waals surface area contributed by atoms with E-state index < -0.39 is 0 Å². The highest BCUT2D eigenvalue weighted by molar-refractivity contribution is 5.28. The minimum Gasteiger partial charge on any atom is -0.367 e. The van der Waals surface area contributed by atoms with Crippen LogP contribution in [-0.2, 0) is 23.3 Å². The second kappa shape index (κ2) is 6.41. The van der Waals surface area contributed by atoms with E-state index in [9.17, 15) is 0 Å². The molecular formula is C17H27N3O. The quantitative estimate of drug-likeness (QED) is 0.869. The van der Waals surface area contributed by atoms with Crippen molar-refractivity contribution in [2.24, 2.45) is 0 Å². The first-order valence-corrected chi connectivity index (χ1v) is 8.47. The van der Waals surface area contributed by atoms with Gasteiger partial charge >= 0.3 is 0 Å². The second-order valence-corrected chi connectivity index (χ2v) is 6.33. The molecule has 1 aliphatic heterocycles. The van der Waals surface area contributed by atoms with Crippen LogP contribution in [0.2, 0.25) is 0 Å². The van der Waals surface area contributed by atoms with E-state index >= 15 is 0 Å². The van der Waals surface area contributed by atoms with Gasteiger partial charge in [0.1, 0.15) is 5.60 Å². The van der Waals surface area contributed by atoms with Crippen molar-refractivity contribution >= 4 is 0 Å². The maximum atomic E-state index is 6.24. The molecule has 2 aliphatic rings. The summed E-state index contributed by atoms with van der Waals surface area (Å²) in [5.74, 6) is 0.936. The van der Waals surface area contributed by atoms with Crippen LogP contribution >= 0.6 is 0 Å². The lowest BCUT2D eigenvalue weighted by atomic mass is 9.92. The summed E-state index contributed by atoms with van der Waals surface area (Å²) in [4.78, 5) is 9.81. The number of nitrogens with zero attached hydrogens (tertiary/aromatic N) is 2. The zero-order chi connectivity index (χ0) is 14.7. The molecule has 1 N–H and O–H groups in total. The zero-order valence-corrected chi connectivity index (χ0v) is 13.4. The van der Waals surface area contributed by atoms with Crippen LogP contribution in [-0.4, -0.2) is 23.1 Å². The van der Waals surface area contributed by atoms with Crippen LogP contribution in [0.25, 0.3) is 0 Å². The fourth-order valence-electron chi connectivity index (χ4n) is 3.76. The highest BCUT2D eigenvalue weighted by Gasteiger charge is 2.37. The summed E-state index contributed by atoms with van der Waals surface area (Å²) in [7, 11) is 0. The highest BCUT2D eigenvalue weighted by atomic mass is 16.5. The Morgan fingerprint density at radius 1 is 1.14 bits per heavy atom.